The largest absolute Gasteiger partial charge is 0.332 e. The highest BCUT2D eigenvalue weighted by Gasteiger charge is 2.17. The third kappa shape index (κ3) is 3.97. The first-order chi connectivity index (χ1) is 11.9. The molecule has 0 bridgehead atoms. The van der Waals surface area contributed by atoms with Crippen LogP contribution in [-0.2, 0) is 0 Å². The van der Waals surface area contributed by atoms with Crippen molar-refractivity contribution >= 4 is 33.8 Å². The number of amides is 1. The van der Waals surface area contributed by atoms with Crippen molar-refractivity contribution in [1.82, 2.24) is 4.98 Å². The smallest absolute Gasteiger partial charge is 0.267 e. The van der Waals surface area contributed by atoms with Gasteiger partial charge in [0.2, 0.25) is 0 Å². The van der Waals surface area contributed by atoms with Crippen LogP contribution >= 0.6 is 11.3 Å². The lowest BCUT2D eigenvalue weighted by Gasteiger charge is -2.05. The highest BCUT2D eigenvalue weighted by Crippen LogP contribution is 2.27. The van der Waals surface area contributed by atoms with Gasteiger partial charge < -0.3 is 10.6 Å². The Morgan fingerprint density at radius 2 is 1.72 bits per heavy atom. The normalized spacial score (nSPS) is 10.6. The molecule has 0 spiro atoms. The minimum absolute atomic E-state index is 0.118. The molecule has 0 unspecified atom stereocenters. The predicted molar refractivity (Wildman–Crippen MR) is 90.8 cm³/mol. The summed E-state index contributed by atoms with van der Waals surface area (Å²) in [5, 5.41) is 5.80. The zero-order chi connectivity index (χ0) is 18.0. The summed E-state index contributed by atoms with van der Waals surface area (Å²) in [6, 6.07) is 8.58. The van der Waals surface area contributed by atoms with Crippen LogP contribution in [0.2, 0.25) is 0 Å². The van der Waals surface area contributed by atoms with Gasteiger partial charge in [-0.1, -0.05) is 11.3 Å². The van der Waals surface area contributed by atoms with Crippen molar-refractivity contribution in [2.45, 2.75) is 6.92 Å². The minimum atomic E-state index is -0.861. The average Bonchev–Trinajstić information content (AvgIpc) is 2.93. The Balaban J connectivity index is 1.77. The van der Waals surface area contributed by atoms with Crippen LogP contribution in [-0.4, -0.2) is 10.9 Å². The molecule has 25 heavy (non-hydrogen) atoms. The van der Waals surface area contributed by atoms with E-state index in [2.05, 4.69) is 15.6 Å². The number of rotatable bonds is 4. The summed E-state index contributed by atoms with van der Waals surface area (Å²) in [5.74, 6) is -2.50. The van der Waals surface area contributed by atoms with Gasteiger partial charge in [-0.25, -0.2) is 18.2 Å². The SMILES string of the molecule is Cc1nc(Nc2ccc(F)cc2)sc1C(=O)Nc1ccc(F)cc1F. The molecule has 0 saturated heterocycles. The first-order valence-electron chi connectivity index (χ1n) is 7.19. The zero-order valence-electron chi connectivity index (χ0n) is 12.9. The number of hydrogen-bond donors (Lipinski definition) is 2. The van der Waals surface area contributed by atoms with Gasteiger partial charge in [-0.2, -0.15) is 0 Å². The fraction of sp³-hybridized carbons (Fsp3) is 0.0588. The van der Waals surface area contributed by atoms with E-state index in [-0.39, 0.29) is 16.4 Å². The summed E-state index contributed by atoms with van der Waals surface area (Å²) in [4.78, 5) is 16.8. The standard InChI is InChI=1S/C17H12F3N3OS/c1-9-15(16(24)23-14-7-4-11(19)8-13(14)20)25-17(21-9)22-12-5-2-10(18)3-6-12/h2-8H,1H3,(H,21,22)(H,23,24). The molecule has 1 heterocycles. The van der Waals surface area contributed by atoms with Gasteiger partial charge in [0.05, 0.1) is 11.4 Å². The van der Waals surface area contributed by atoms with Gasteiger partial charge in [-0.3, -0.25) is 4.79 Å². The van der Waals surface area contributed by atoms with Crippen molar-refractivity contribution in [3.63, 3.8) is 0 Å². The summed E-state index contributed by atoms with van der Waals surface area (Å²) in [7, 11) is 0. The molecule has 2 aromatic carbocycles. The summed E-state index contributed by atoms with van der Waals surface area (Å²) >= 11 is 1.07. The van der Waals surface area contributed by atoms with Crippen LogP contribution in [0.1, 0.15) is 15.4 Å². The van der Waals surface area contributed by atoms with Crippen LogP contribution in [0.5, 0.6) is 0 Å². The van der Waals surface area contributed by atoms with E-state index in [1.54, 1.807) is 19.1 Å². The van der Waals surface area contributed by atoms with Crippen LogP contribution in [0.25, 0.3) is 0 Å². The number of halogens is 3. The Kier molecular flexibility index (Phi) is 4.71. The first-order valence-corrected chi connectivity index (χ1v) is 8.00. The highest BCUT2D eigenvalue weighted by atomic mass is 32.1. The Morgan fingerprint density at radius 3 is 2.40 bits per heavy atom. The summed E-state index contributed by atoms with van der Waals surface area (Å²) in [6.07, 6.45) is 0. The number of nitrogens with zero attached hydrogens (tertiary/aromatic N) is 1. The van der Waals surface area contributed by atoms with E-state index in [1.165, 1.54) is 12.1 Å². The first kappa shape index (κ1) is 17.0. The lowest BCUT2D eigenvalue weighted by Crippen LogP contribution is -2.12. The van der Waals surface area contributed by atoms with Crippen LogP contribution in [0.4, 0.5) is 29.7 Å². The van der Waals surface area contributed by atoms with Gasteiger partial charge >= 0.3 is 0 Å². The van der Waals surface area contributed by atoms with Crippen LogP contribution in [0.3, 0.4) is 0 Å². The molecule has 0 atom stereocenters. The number of carbonyl (C=O) groups excluding carboxylic acids is 1. The van der Waals surface area contributed by atoms with Crippen molar-refractivity contribution in [3.8, 4) is 0 Å². The topological polar surface area (TPSA) is 54.0 Å². The van der Waals surface area contributed by atoms with E-state index >= 15 is 0 Å². The third-order valence-electron chi connectivity index (χ3n) is 3.28. The highest BCUT2D eigenvalue weighted by molar-refractivity contribution is 7.17. The molecule has 128 valence electrons. The molecule has 3 aromatic rings. The molecule has 0 aliphatic rings. The quantitative estimate of drug-likeness (QED) is 0.696. The van der Waals surface area contributed by atoms with E-state index in [0.717, 1.165) is 23.5 Å². The minimum Gasteiger partial charge on any atom is -0.332 e. The number of thiazole rings is 1. The van der Waals surface area contributed by atoms with Crippen molar-refractivity contribution in [3.05, 3.63) is 70.5 Å². The lowest BCUT2D eigenvalue weighted by molar-refractivity contribution is 0.102. The summed E-state index contributed by atoms with van der Waals surface area (Å²) < 4.78 is 39.5. The van der Waals surface area contributed by atoms with Crippen LogP contribution in [0, 0.1) is 24.4 Å². The lowest BCUT2D eigenvalue weighted by atomic mass is 10.3. The van der Waals surface area contributed by atoms with E-state index in [0.29, 0.717) is 22.6 Å². The zero-order valence-corrected chi connectivity index (χ0v) is 13.8. The second-order valence-corrected chi connectivity index (χ2v) is 6.14. The molecule has 0 fully saturated rings. The summed E-state index contributed by atoms with van der Waals surface area (Å²) in [6.45, 7) is 1.64. The molecule has 0 saturated carbocycles. The van der Waals surface area contributed by atoms with Gasteiger partial charge in [-0.15, -0.1) is 0 Å². The Hall–Kier alpha value is -2.87. The number of anilines is 3. The second kappa shape index (κ2) is 6.94. The van der Waals surface area contributed by atoms with E-state index in [1.807, 2.05) is 0 Å². The van der Waals surface area contributed by atoms with Gasteiger partial charge in [-0.05, 0) is 43.3 Å². The van der Waals surface area contributed by atoms with E-state index < -0.39 is 17.5 Å². The molecule has 1 aromatic heterocycles. The number of benzene rings is 2. The molecular formula is C17H12F3N3OS. The maximum Gasteiger partial charge on any atom is 0.267 e. The number of hydrogen-bond acceptors (Lipinski definition) is 4. The van der Waals surface area contributed by atoms with Crippen molar-refractivity contribution < 1.29 is 18.0 Å². The van der Waals surface area contributed by atoms with Gasteiger partial charge in [0.25, 0.3) is 5.91 Å². The molecule has 4 nitrogen and oxygen atoms in total. The van der Waals surface area contributed by atoms with Crippen molar-refractivity contribution in [2.24, 2.45) is 0 Å². The monoisotopic (exact) mass is 363 g/mol. The number of aromatic nitrogens is 1. The molecule has 0 aliphatic heterocycles. The third-order valence-corrected chi connectivity index (χ3v) is 4.35. The molecular weight excluding hydrogens is 351 g/mol. The van der Waals surface area contributed by atoms with E-state index in [9.17, 15) is 18.0 Å². The molecule has 0 aliphatic carbocycles. The van der Waals surface area contributed by atoms with Crippen LogP contribution in [0.15, 0.2) is 42.5 Å². The maximum absolute atomic E-state index is 13.6. The Bertz CT molecular complexity index is 925. The number of nitrogens with one attached hydrogen (secondary N) is 2. The molecule has 0 radical (unpaired) electrons. The fourth-order valence-corrected chi connectivity index (χ4v) is 2.97. The molecule has 2 N–H and O–H groups in total. The fourth-order valence-electron chi connectivity index (χ4n) is 2.09. The number of carbonyl (C=O) groups is 1. The Morgan fingerprint density at radius 1 is 1.04 bits per heavy atom. The van der Waals surface area contributed by atoms with Gasteiger partial charge in [0, 0.05) is 11.8 Å². The number of aryl methyl sites for hydroxylation is 1. The van der Waals surface area contributed by atoms with Crippen LogP contribution < -0.4 is 10.6 Å². The van der Waals surface area contributed by atoms with Gasteiger partial charge in [0.1, 0.15) is 22.3 Å². The Labute approximate surface area is 145 Å². The second-order valence-electron chi connectivity index (χ2n) is 5.14. The molecule has 8 heteroatoms. The summed E-state index contributed by atoms with van der Waals surface area (Å²) in [5.41, 5.74) is 0.952. The maximum atomic E-state index is 13.6. The molecule has 1 amide bonds. The predicted octanol–water partition coefficient (Wildman–Crippen LogP) is 4.86. The average molecular weight is 363 g/mol. The van der Waals surface area contributed by atoms with Crippen molar-refractivity contribution in [2.75, 3.05) is 10.6 Å². The van der Waals surface area contributed by atoms with Gasteiger partial charge in [0.15, 0.2) is 5.13 Å². The van der Waals surface area contributed by atoms with E-state index in [4.69, 9.17) is 0 Å². The van der Waals surface area contributed by atoms with Crippen molar-refractivity contribution in [1.29, 1.82) is 0 Å². The molecule has 3 rings (SSSR count).